The minimum atomic E-state index is -0.0972. The summed E-state index contributed by atoms with van der Waals surface area (Å²) in [5, 5.41) is 5.45. The number of benzene rings is 1. The molecule has 0 radical (unpaired) electrons. The third-order valence-corrected chi connectivity index (χ3v) is 2.09. The van der Waals surface area contributed by atoms with E-state index in [1.807, 2.05) is 0 Å². The summed E-state index contributed by atoms with van der Waals surface area (Å²) < 4.78 is 5.46. The summed E-state index contributed by atoms with van der Waals surface area (Å²) >= 11 is 0. The molecule has 0 bridgehead atoms. The number of carbonyl (C=O) groups is 1. The molecule has 0 aliphatic carbocycles. The van der Waals surface area contributed by atoms with Crippen LogP contribution in [0, 0.1) is 4.91 Å². The molecule has 1 amide bonds. The summed E-state index contributed by atoms with van der Waals surface area (Å²) in [5.74, 6) is 0.651. The van der Waals surface area contributed by atoms with E-state index in [4.69, 9.17) is 4.74 Å². The Hall–Kier alpha value is -1.91. The van der Waals surface area contributed by atoms with Crippen LogP contribution in [-0.2, 0) is 4.79 Å². The summed E-state index contributed by atoms with van der Waals surface area (Å²) in [6.07, 6.45) is 1.55. The zero-order valence-corrected chi connectivity index (χ0v) is 9.81. The second-order valence-electron chi connectivity index (χ2n) is 3.61. The molecule has 0 aromatic heterocycles. The molecule has 0 fully saturated rings. The van der Waals surface area contributed by atoms with Gasteiger partial charge in [-0.25, -0.2) is 0 Å². The number of hydrogen-bond donors (Lipinski definition) is 1. The number of nitrogens with one attached hydrogen (secondary N) is 1. The zero-order chi connectivity index (χ0) is 12.5. The van der Waals surface area contributed by atoms with Gasteiger partial charge >= 0.3 is 0 Å². The van der Waals surface area contributed by atoms with Gasteiger partial charge in [-0.3, -0.25) is 4.79 Å². The molecule has 0 aliphatic rings. The highest BCUT2D eigenvalue weighted by atomic mass is 16.5. The van der Waals surface area contributed by atoms with Crippen LogP contribution in [0.3, 0.4) is 0 Å². The minimum absolute atomic E-state index is 0.0972. The molecular weight excluding hydrogens is 220 g/mol. The smallest absolute Gasteiger partial charge is 0.221 e. The van der Waals surface area contributed by atoms with Crippen LogP contribution in [0.25, 0.3) is 0 Å². The predicted octanol–water partition coefficient (Wildman–Crippen LogP) is 2.57. The van der Waals surface area contributed by atoms with E-state index in [1.165, 1.54) is 6.92 Å². The Labute approximate surface area is 100 Å². The Balaban J connectivity index is 2.30. The monoisotopic (exact) mass is 236 g/mol. The van der Waals surface area contributed by atoms with Crippen molar-refractivity contribution in [3.8, 4) is 5.75 Å². The molecule has 17 heavy (non-hydrogen) atoms. The summed E-state index contributed by atoms with van der Waals surface area (Å²) in [5.41, 5.74) is 0.745. The lowest BCUT2D eigenvalue weighted by Gasteiger charge is -2.06. The second kappa shape index (κ2) is 7.38. The molecule has 1 N–H and O–H groups in total. The minimum Gasteiger partial charge on any atom is -0.494 e. The lowest BCUT2D eigenvalue weighted by Crippen LogP contribution is -2.05. The first-order valence-corrected chi connectivity index (χ1v) is 5.52. The predicted molar refractivity (Wildman–Crippen MR) is 66.1 cm³/mol. The molecule has 5 heteroatoms. The van der Waals surface area contributed by atoms with Gasteiger partial charge < -0.3 is 10.1 Å². The molecule has 1 aromatic rings. The summed E-state index contributed by atoms with van der Waals surface area (Å²) in [4.78, 5) is 20.6. The number of anilines is 1. The van der Waals surface area contributed by atoms with Gasteiger partial charge in [-0.2, -0.15) is 4.91 Å². The Morgan fingerprint density at radius 1 is 1.29 bits per heavy atom. The summed E-state index contributed by atoms with van der Waals surface area (Å²) in [6, 6.07) is 7.15. The van der Waals surface area contributed by atoms with Crippen molar-refractivity contribution in [3.63, 3.8) is 0 Å². The van der Waals surface area contributed by atoms with Crippen molar-refractivity contribution < 1.29 is 9.53 Å². The number of ether oxygens (including phenoxy) is 1. The molecule has 0 heterocycles. The van der Waals surface area contributed by atoms with Crippen LogP contribution in [0.1, 0.15) is 19.8 Å². The fraction of sp³-hybridized carbons (Fsp3) is 0.417. The largest absolute Gasteiger partial charge is 0.494 e. The van der Waals surface area contributed by atoms with Gasteiger partial charge in [-0.05, 0) is 37.1 Å². The number of carbonyl (C=O) groups excluding carboxylic acids is 1. The Bertz CT molecular complexity index is 363. The lowest BCUT2D eigenvalue weighted by atomic mass is 10.3. The third kappa shape index (κ3) is 5.65. The number of nitroso groups, excluding NO2 is 1. The molecular formula is C12H16N2O3. The maximum Gasteiger partial charge on any atom is 0.221 e. The van der Waals surface area contributed by atoms with Crippen LogP contribution in [0.4, 0.5) is 5.69 Å². The van der Waals surface area contributed by atoms with Gasteiger partial charge in [0.05, 0.1) is 13.2 Å². The number of unbranched alkanes of at least 4 members (excludes halogenated alkanes) is 1. The molecule has 5 nitrogen and oxygen atoms in total. The van der Waals surface area contributed by atoms with Crippen molar-refractivity contribution in [2.24, 2.45) is 5.18 Å². The van der Waals surface area contributed by atoms with Gasteiger partial charge in [-0.1, -0.05) is 5.18 Å². The first kappa shape index (κ1) is 13.2. The van der Waals surface area contributed by atoms with Crippen molar-refractivity contribution in [1.29, 1.82) is 0 Å². The van der Waals surface area contributed by atoms with E-state index in [0.29, 0.717) is 13.2 Å². The fourth-order valence-corrected chi connectivity index (χ4v) is 1.31. The van der Waals surface area contributed by atoms with Crippen LogP contribution in [0.15, 0.2) is 29.4 Å². The molecule has 1 rings (SSSR count). The number of rotatable bonds is 7. The highest BCUT2D eigenvalue weighted by Gasteiger charge is 1.97. The van der Waals surface area contributed by atoms with Crippen molar-refractivity contribution in [2.75, 3.05) is 18.5 Å². The van der Waals surface area contributed by atoms with Crippen LogP contribution >= 0.6 is 0 Å². The van der Waals surface area contributed by atoms with Gasteiger partial charge in [0.15, 0.2) is 0 Å². The highest BCUT2D eigenvalue weighted by Crippen LogP contribution is 2.15. The third-order valence-electron chi connectivity index (χ3n) is 2.09. The van der Waals surface area contributed by atoms with E-state index in [2.05, 4.69) is 10.5 Å². The van der Waals surface area contributed by atoms with Crippen LogP contribution < -0.4 is 10.1 Å². The molecule has 92 valence electrons. The Kier molecular flexibility index (Phi) is 5.71. The molecule has 0 unspecified atom stereocenters. The Morgan fingerprint density at radius 3 is 2.59 bits per heavy atom. The van der Waals surface area contributed by atoms with E-state index in [1.54, 1.807) is 24.3 Å². The first-order valence-electron chi connectivity index (χ1n) is 5.52. The van der Waals surface area contributed by atoms with E-state index >= 15 is 0 Å². The fourth-order valence-electron chi connectivity index (χ4n) is 1.31. The second-order valence-corrected chi connectivity index (χ2v) is 3.61. The van der Waals surface area contributed by atoms with Crippen LogP contribution in [0.2, 0.25) is 0 Å². The SMILES string of the molecule is CC(=O)Nc1ccc(OCCCCN=O)cc1. The van der Waals surface area contributed by atoms with Gasteiger partial charge in [0.25, 0.3) is 0 Å². The topological polar surface area (TPSA) is 67.8 Å². The number of amides is 1. The van der Waals surface area contributed by atoms with Crippen molar-refractivity contribution in [2.45, 2.75) is 19.8 Å². The lowest BCUT2D eigenvalue weighted by molar-refractivity contribution is -0.114. The maximum absolute atomic E-state index is 10.8. The van der Waals surface area contributed by atoms with E-state index in [9.17, 15) is 9.70 Å². The van der Waals surface area contributed by atoms with Crippen molar-refractivity contribution >= 4 is 11.6 Å². The van der Waals surface area contributed by atoms with Gasteiger partial charge in [0, 0.05) is 12.6 Å². The van der Waals surface area contributed by atoms with E-state index < -0.39 is 0 Å². The van der Waals surface area contributed by atoms with E-state index in [-0.39, 0.29) is 5.91 Å². The molecule has 0 atom stereocenters. The standard InChI is InChI=1S/C12H16N2O3/c1-10(15)14-11-4-6-12(7-5-11)17-9-3-2-8-13-16/h4-7H,2-3,8-9H2,1H3,(H,14,15). The molecule has 0 saturated heterocycles. The van der Waals surface area contributed by atoms with Crippen LogP contribution in [-0.4, -0.2) is 19.1 Å². The number of nitrogens with zero attached hydrogens (tertiary/aromatic N) is 1. The quantitative estimate of drug-likeness (QED) is 0.584. The van der Waals surface area contributed by atoms with E-state index in [0.717, 1.165) is 24.3 Å². The van der Waals surface area contributed by atoms with Gasteiger partial charge in [-0.15, -0.1) is 0 Å². The highest BCUT2D eigenvalue weighted by molar-refractivity contribution is 5.88. The first-order chi connectivity index (χ1) is 8.22. The summed E-state index contributed by atoms with van der Waals surface area (Å²) in [6.45, 7) is 2.37. The average Bonchev–Trinajstić information content (AvgIpc) is 2.30. The maximum atomic E-state index is 10.8. The molecule has 0 aliphatic heterocycles. The summed E-state index contributed by atoms with van der Waals surface area (Å²) in [7, 11) is 0. The molecule has 0 spiro atoms. The normalized spacial score (nSPS) is 9.71. The molecule has 0 saturated carbocycles. The number of hydrogen-bond acceptors (Lipinski definition) is 4. The van der Waals surface area contributed by atoms with Crippen molar-refractivity contribution in [3.05, 3.63) is 29.2 Å². The average molecular weight is 236 g/mol. The van der Waals surface area contributed by atoms with Crippen LogP contribution in [0.5, 0.6) is 5.75 Å². The van der Waals surface area contributed by atoms with Gasteiger partial charge in [0.2, 0.25) is 5.91 Å². The molecule has 1 aromatic carbocycles. The Morgan fingerprint density at radius 2 is 2.00 bits per heavy atom. The zero-order valence-electron chi connectivity index (χ0n) is 9.81. The van der Waals surface area contributed by atoms with Crippen molar-refractivity contribution in [1.82, 2.24) is 0 Å². The van der Waals surface area contributed by atoms with Gasteiger partial charge in [0.1, 0.15) is 5.75 Å².